The van der Waals surface area contributed by atoms with E-state index in [1.54, 1.807) is 13.2 Å². The molecule has 0 atom stereocenters. The first-order valence-electron chi connectivity index (χ1n) is 7.80. The fraction of sp³-hybridized carbons (Fsp3) is 0.105. The van der Waals surface area contributed by atoms with Crippen molar-refractivity contribution in [2.75, 3.05) is 17.7 Å². The number of methoxy groups -OCH3 is 1. The monoisotopic (exact) mass is 334 g/mol. The van der Waals surface area contributed by atoms with Gasteiger partial charge in [0.2, 0.25) is 0 Å². The van der Waals surface area contributed by atoms with Crippen LogP contribution in [0.2, 0.25) is 0 Å². The summed E-state index contributed by atoms with van der Waals surface area (Å²) in [6.45, 7) is 0.529. The lowest BCUT2D eigenvalue weighted by Crippen LogP contribution is -2.14. The first kappa shape index (κ1) is 16.4. The second-order valence-corrected chi connectivity index (χ2v) is 5.27. The van der Waals surface area contributed by atoms with Gasteiger partial charge in [-0.25, -0.2) is 9.97 Å². The van der Waals surface area contributed by atoms with Crippen LogP contribution in [0.3, 0.4) is 0 Å². The van der Waals surface area contributed by atoms with Gasteiger partial charge in [0.1, 0.15) is 23.6 Å². The molecule has 0 unspecified atom stereocenters. The van der Waals surface area contributed by atoms with E-state index in [1.165, 1.54) is 6.33 Å². The Morgan fingerprint density at radius 1 is 1.04 bits per heavy atom. The van der Waals surface area contributed by atoms with Crippen LogP contribution in [0.25, 0.3) is 0 Å². The van der Waals surface area contributed by atoms with Crippen LogP contribution in [0.4, 0.5) is 11.5 Å². The molecule has 0 aliphatic rings. The van der Waals surface area contributed by atoms with Gasteiger partial charge in [-0.1, -0.05) is 36.4 Å². The van der Waals surface area contributed by atoms with Gasteiger partial charge in [-0.15, -0.1) is 0 Å². The zero-order chi connectivity index (χ0) is 17.5. The molecular formula is C19H18N4O2. The van der Waals surface area contributed by atoms with Gasteiger partial charge in [0.05, 0.1) is 7.11 Å². The molecule has 6 nitrogen and oxygen atoms in total. The molecule has 25 heavy (non-hydrogen) atoms. The molecule has 1 heterocycles. The average Bonchev–Trinajstić information content (AvgIpc) is 2.67. The minimum absolute atomic E-state index is 0.283. The van der Waals surface area contributed by atoms with E-state index in [1.807, 2.05) is 54.6 Å². The summed E-state index contributed by atoms with van der Waals surface area (Å²) >= 11 is 0. The number of carbonyl (C=O) groups excluding carboxylic acids is 1. The van der Waals surface area contributed by atoms with Crippen LogP contribution in [0.5, 0.6) is 5.75 Å². The van der Waals surface area contributed by atoms with Crippen molar-refractivity contribution in [3.8, 4) is 5.75 Å². The van der Waals surface area contributed by atoms with Crippen molar-refractivity contribution < 1.29 is 9.53 Å². The van der Waals surface area contributed by atoms with Crippen molar-refractivity contribution in [1.29, 1.82) is 0 Å². The number of nitrogens with one attached hydrogen (secondary N) is 2. The maximum absolute atomic E-state index is 12.3. The summed E-state index contributed by atoms with van der Waals surface area (Å²) in [4.78, 5) is 20.5. The number of amides is 1. The Kier molecular flexibility index (Phi) is 5.21. The third-order valence-electron chi connectivity index (χ3n) is 3.58. The van der Waals surface area contributed by atoms with Crippen LogP contribution in [0.15, 0.2) is 67.0 Å². The molecule has 6 heteroatoms. The third-order valence-corrected chi connectivity index (χ3v) is 3.58. The molecule has 0 saturated heterocycles. The largest absolute Gasteiger partial charge is 0.496 e. The molecule has 3 aromatic rings. The third kappa shape index (κ3) is 4.32. The van der Waals surface area contributed by atoms with E-state index in [4.69, 9.17) is 4.74 Å². The van der Waals surface area contributed by atoms with Crippen molar-refractivity contribution in [1.82, 2.24) is 9.97 Å². The van der Waals surface area contributed by atoms with E-state index < -0.39 is 0 Å². The van der Waals surface area contributed by atoms with Gasteiger partial charge in [0.25, 0.3) is 5.91 Å². The first-order chi connectivity index (χ1) is 12.3. The summed E-state index contributed by atoms with van der Waals surface area (Å²) in [5, 5.41) is 5.98. The summed E-state index contributed by atoms with van der Waals surface area (Å²) in [6, 6.07) is 18.6. The van der Waals surface area contributed by atoms with E-state index in [-0.39, 0.29) is 5.91 Å². The average molecular weight is 334 g/mol. The molecule has 3 rings (SSSR count). The van der Waals surface area contributed by atoms with Crippen molar-refractivity contribution >= 4 is 17.4 Å². The van der Waals surface area contributed by atoms with Gasteiger partial charge in [0, 0.05) is 23.9 Å². The minimum Gasteiger partial charge on any atom is -0.496 e. The number of ether oxygens (including phenoxy) is 1. The highest BCUT2D eigenvalue weighted by atomic mass is 16.5. The number of nitrogens with zero attached hydrogens (tertiary/aromatic N) is 2. The fourth-order valence-electron chi connectivity index (χ4n) is 2.33. The normalized spacial score (nSPS) is 10.1. The van der Waals surface area contributed by atoms with Gasteiger partial charge in [0.15, 0.2) is 0 Å². The lowest BCUT2D eigenvalue weighted by molar-refractivity contribution is 0.102. The van der Waals surface area contributed by atoms with E-state index in [0.717, 1.165) is 17.0 Å². The van der Waals surface area contributed by atoms with E-state index >= 15 is 0 Å². The lowest BCUT2D eigenvalue weighted by Gasteiger charge is -2.10. The number of para-hydroxylation sites is 2. The quantitative estimate of drug-likeness (QED) is 0.723. The van der Waals surface area contributed by atoms with Crippen LogP contribution in [-0.4, -0.2) is 23.0 Å². The SMILES string of the molecule is COc1ccccc1CNc1cc(C(=O)Nc2ccccc2)ncn1. The molecule has 126 valence electrons. The number of benzene rings is 2. The maximum atomic E-state index is 12.3. The minimum atomic E-state index is -0.283. The van der Waals surface area contributed by atoms with Gasteiger partial charge < -0.3 is 15.4 Å². The standard InChI is InChI=1S/C19H18N4O2/c1-25-17-10-6-5-7-14(17)12-20-18-11-16(21-13-22-18)19(24)23-15-8-3-2-4-9-15/h2-11,13H,12H2,1H3,(H,23,24)(H,20,21,22). The van der Waals surface area contributed by atoms with Crippen molar-refractivity contribution in [2.45, 2.75) is 6.54 Å². The second kappa shape index (κ2) is 7.92. The highest BCUT2D eigenvalue weighted by Crippen LogP contribution is 2.18. The number of carbonyl (C=O) groups is 1. The first-order valence-corrected chi connectivity index (χ1v) is 7.80. The Hall–Kier alpha value is -3.41. The summed E-state index contributed by atoms with van der Waals surface area (Å²) in [5.41, 5.74) is 2.01. The summed E-state index contributed by atoms with van der Waals surface area (Å²) < 4.78 is 5.33. The number of hydrogen-bond donors (Lipinski definition) is 2. The number of anilines is 2. The Morgan fingerprint density at radius 3 is 2.60 bits per heavy atom. The van der Waals surface area contributed by atoms with Crippen LogP contribution in [-0.2, 0) is 6.54 Å². The predicted molar refractivity (Wildman–Crippen MR) is 96.7 cm³/mol. The molecule has 0 spiro atoms. The van der Waals surface area contributed by atoms with Crippen LogP contribution in [0.1, 0.15) is 16.1 Å². The smallest absolute Gasteiger partial charge is 0.274 e. The number of hydrogen-bond acceptors (Lipinski definition) is 5. The molecule has 0 aliphatic carbocycles. The molecule has 1 amide bonds. The number of rotatable bonds is 6. The fourth-order valence-corrected chi connectivity index (χ4v) is 2.33. The Balaban J connectivity index is 1.68. The van der Waals surface area contributed by atoms with Crippen molar-refractivity contribution in [2.24, 2.45) is 0 Å². The molecule has 0 saturated carbocycles. The summed E-state index contributed by atoms with van der Waals surface area (Å²) in [7, 11) is 1.63. The molecule has 0 radical (unpaired) electrons. The predicted octanol–water partition coefficient (Wildman–Crippen LogP) is 3.35. The van der Waals surface area contributed by atoms with Crippen LogP contribution < -0.4 is 15.4 Å². The maximum Gasteiger partial charge on any atom is 0.274 e. The molecule has 0 bridgehead atoms. The Labute approximate surface area is 145 Å². The topological polar surface area (TPSA) is 76.1 Å². The molecule has 2 aromatic carbocycles. The van der Waals surface area contributed by atoms with E-state index in [2.05, 4.69) is 20.6 Å². The molecule has 0 fully saturated rings. The Bertz CT molecular complexity index is 853. The van der Waals surface area contributed by atoms with Gasteiger partial charge in [-0.05, 0) is 18.2 Å². The zero-order valence-corrected chi connectivity index (χ0v) is 13.8. The highest BCUT2D eigenvalue weighted by molar-refractivity contribution is 6.03. The molecule has 0 aliphatic heterocycles. The second-order valence-electron chi connectivity index (χ2n) is 5.27. The Morgan fingerprint density at radius 2 is 1.80 bits per heavy atom. The van der Waals surface area contributed by atoms with Gasteiger partial charge in [-0.3, -0.25) is 4.79 Å². The summed E-state index contributed by atoms with van der Waals surface area (Å²) in [5.74, 6) is 1.08. The number of aromatic nitrogens is 2. The molecule has 1 aromatic heterocycles. The highest BCUT2D eigenvalue weighted by Gasteiger charge is 2.09. The zero-order valence-electron chi connectivity index (χ0n) is 13.8. The molecular weight excluding hydrogens is 316 g/mol. The van der Waals surface area contributed by atoms with Crippen LogP contribution in [0, 0.1) is 0 Å². The molecule has 2 N–H and O–H groups in total. The van der Waals surface area contributed by atoms with Crippen molar-refractivity contribution in [3.63, 3.8) is 0 Å². The van der Waals surface area contributed by atoms with E-state index in [0.29, 0.717) is 18.1 Å². The van der Waals surface area contributed by atoms with Gasteiger partial charge in [-0.2, -0.15) is 0 Å². The van der Waals surface area contributed by atoms with E-state index in [9.17, 15) is 4.79 Å². The van der Waals surface area contributed by atoms with Crippen molar-refractivity contribution in [3.05, 3.63) is 78.2 Å². The lowest BCUT2D eigenvalue weighted by atomic mass is 10.2. The van der Waals surface area contributed by atoms with Gasteiger partial charge >= 0.3 is 0 Å². The van der Waals surface area contributed by atoms with Crippen LogP contribution >= 0.6 is 0 Å². The summed E-state index contributed by atoms with van der Waals surface area (Å²) in [6.07, 6.45) is 1.37.